The number of halogens is 1. The molecular weight excluding hydrogens is 652 g/mol. The summed E-state index contributed by atoms with van der Waals surface area (Å²) < 4.78 is 6.21. The Kier molecular flexibility index (Phi) is 12.4. The van der Waals surface area contributed by atoms with Crippen molar-refractivity contribution in [2.24, 2.45) is 5.92 Å². The Morgan fingerprint density at radius 3 is 2.41 bits per heavy atom. The molecule has 2 heterocycles. The molecule has 0 spiro atoms. The number of likely N-dealkylation sites (tertiary alicyclic amines) is 1. The maximum Gasteiger partial charge on any atom is 0.253 e. The van der Waals surface area contributed by atoms with Crippen LogP contribution in [0.4, 0.5) is 0 Å². The van der Waals surface area contributed by atoms with Crippen LogP contribution in [-0.2, 0) is 19.5 Å². The Bertz CT molecular complexity index is 1910. The Balaban J connectivity index is 1.09. The van der Waals surface area contributed by atoms with Crippen molar-refractivity contribution in [2.75, 3.05) is 13.1 Å². The van der Waals surface area contributed by atoms with Crippen molar-refractivity contribution in [3.05, 3.63) is 153 Å². The van der Waals surface area contributed by atoms with Gasteiger partial charge in [0, 0.05) is 24.2 Å². The van der Waals surface area contributed by atoms with E-state index in [4.69, 9.17) is 16.0 Å². The average molecular weight is 699 g/mol. The number of hydrogen-bond donors (Lipinski definition) is 2. The molecule has 0 unspecified atom stereocenters. The molecule has 1 saturated heterocycles. The Morgan fingerprint density at radius 2 is 1.69 bits per heavy atom. The molecular formula is C44H47ClN4O2. The molecule has 51 heavy (non-hydrogen) atoms. The molecule has 0 radical (unpaired) electrons. The van der Waals surface area contributed by atoms with Gasteiger partial charge in [-0.05, 0) is 124 Å². The summed E-state index contributed by atoms with van der Waals surface area (Å²) in [7, 11) is 0. The number of hydrogen-bond acceptors (Lipinski definition) is 5. The van der Waals surface area contributed by atoms with Crippen LogP contribution in [0.15, 0.2) is 114 Å². The molecule has 0 bridgehead atoms. The maximum atomic E-state index is 13.9. The van der Waals surface area contributed by atoms with Gasteiger partial charge in [-0.3, -0.25) is 9.69 Å². The second-order valence-corrected chi connectivity index (χ2v) is 14.3. The van der Waals surface area contributed by atoms with Crippen LogP contribution in [0.1, 0.15) is 82.6 Å². The van der Waals surface area contributed by atoms with Crippen LogP contribution >= 0.6 is 11.6 Å². The molecule has 1 amide bonds. The van der Waals surface area contributed by atoms with Gasteiger partial charge in [-0.15, -0.1) is 0 Å². The maximum absolute atomic E-state index is 13.9. The lowest BCUT2D eigenvalue weighted by Crippen LogP contribution is -2.38. The van der Waals surface area contributed by atoms with Gasteiger partial charge in [0.2, 0.25) is 0 Å². The van der Waals surface area contributed by atoms with Crippen molar-refractivity contribution in [2.45, 2.75) is 71.1 Å². The van der Waals surface area contributed by atoms with Crippen LogP contribution in [-0.4, -0.2) is 29.9 Å². The molecule has 2 atom stereocenters. The molecule has 1 aliphatic heterocycles. The van der Waals surface area contributed by atoms with E-state index in [1.54, 1.807) is 6.07 Å². The number of amides is 1. The Morgan fingerprint density at radius 1 is 0.941 bits per heavy atom. The molecule has 1 aromatic heterocycles. The first-order chi connectivity index (χ1) is 24.8. The summed E-state index contributed by atoms with van der Waals surface area (Å²) in [6.45, 7) is 7.98. The molecule has 5 aromatic rings. The van der Waals surface area contributed by atoms with Crippen molar-refractivity contribution < 1.29 is 9.21 Å². The number of rotatable bonds is 14. The van der Waals surface area contributed by atoms with Crippen LogP contribution in [0.25, 0.3) is 11.3 Å². The average Bonchev–Trinajstić information content (AvgIpc) is 3.64. The highest BCUT2D eigenvalue weighted by atomic mass is 35.5. The number of carbonyl (C=O) groups is 1. The Labute approximate surface area is 307 Å². The van der Waals surface area contributed by atoms with E-state index in [9.17, 15) is 10.1 Å². The molecule has 262 valence electrons. The van der Waals surface area contributed by atoms with E-state index in [0.29, 0.717) is 40.8 Å². The monoisotopic (exact) mass is 698 g/mol. The van der Waals surface area contributed by atoms with Gasteiger partial charge >= 0.3 is 0 Å². The van der Waals surface area contributed by atoms with E-state index in [0.717, 1.165) is 62.2 Å². The fraction of sp³-hybridized carbons (Fsp3) is 0.318. The van der Waals surface area contributed by atoms with E-state index in [1.165, 1.54) is 16.7 Å². The van der Waals surface area contributed by atoms with Crippen molar-refractivity contribution in [1.29, 1.82) is 5.26 Å². The minimum Gasteiger partial charge on any atom is -0.460 e. The van der Waals surface area contributed by atoms with Gasteiger partial charge in [-0.1, -0.05) is 83.9 Å². The van der Waals surface area contributed by atoms with Crippen LogP contribution < -0.4 is 10.6 Å². The van der Waals surface area contributed by atoms with Crippen molar-refractivity contribution >= 4 is 17.5 Å². The molecule has 1 fully saturated rings. The van der Waals surface area contributed by atoms with Gasteiger partial charge in [0.25, 0.3) is 5.91 Å². The summed E-state index contributed by atoms with van der Waals surface area (Å²) in [5.41, 5.74) is 6.77. The summed E-state index contributed by atoms with van der Waals surface area (Å²) in [4.78, 5) is 16.4. The number of benzene rings is 4. The zero-order valence-corrected chi connectivity index (χ0v) is 30.3. The zero-order valence-electron chi connectivity index (χ0n) is 29.6. The van der Waals surface area contributed by atoms with Gasteiger partial charge in [0.15, 0.2) is 0 Å². The fourth-order valence-electron chi connectivity index (χ4n) is 6.91. The predicted molar refractivity (Wildman–Crippen MR) is 205 cm³/mol. The van der Waals surface area contributed by atoms with Crippen molar-refractivity contribution in [3.8, 4) is 17.4 Å². The van der Waals surface area contributed by atoms with E-state index < -0.39 is 0 Å². The molecule has 6 rings (SSSR count). The van der Waals surface area contributed by atoms with E-state index in [-0.39, 0.29) is 18.0 Å². The third kappa shape index (κ3) is 10.2. The van der Waals surface area contributed by atoms with E-state index in [2.05, 4.69) is 90.0 Å². The number of aryl methyl sites for hydroxylation is 1. The topological polar surface area (TPSA) is 81.3 Å². The lowest BCUT2D eigenvalue weighted by Gasteiger charge is -2.32. The molecule has 2 N–H and O–H groups in total. The van der Waals surface area contributed by atoms with Crippen LogP contribution in [0.3, 0.4) is 0 Å². The highest BCUT2D eigenvalue weighted by Crippen LogP contribution is 2.29. The van der Waals surface area contributed by atoms with Crippen molar-refractivity contribution in [1.82, 2.24) is 15.5 Å². The third-order valence-corrected chi connectivity index (χ3v) is 10.4. The van der Waals surface area contributed by atoms with Gasteiger partial charge in [-0.25, -0.2) is 0 Å². The number of carbonyl (C=O) groups excluding carboxylic acids is 1. The summed E-state index contributed by atoms with van der Waals surface area (Å²) in [6.07, 6.45) is 4.90. The predicted octanol–water partition coefficient (Wildman–Crippen LogP) is 9.66. The lowest BCUT2D eigenvalue weighted by atomic mass is 9.89. The van der Waals surface area contributed by atoms with Gasteiger partial charge in [0.05, 0.1) is 28.8 Å². The normalized spacial score (nSPS) is 14.9. The van der Waals surface area contributed by atoms with E-state index >= 15 is 0 Å². The van der Waals surface area contributed by atoms with Crippen LogP contribution in [0.2, 0.25) is 5.02 Å². The van der Waals surface area contributed by atoms with E-state index in [1.807, 2.05) is 48.5 Å². The summed E-state index contributed by atoms with van der Waals surface area (Å²) in [5, 5.41) is 16.6. The molecule has 0 aliphatic carbocycles. The minimum absolute atomic E-state index is 0.0793. The van der Waals surface area contributed by atoms with Gasteiger partial charge in [-0.2, -0.15) is 5.26 Å². The van der Waals surface area contributed by atoms with Gasteiger partial charge in [0.1, 0.15) is 11.5 Å². The zero-order chi connectivity index (χ0) is 35.6. The highest BCUT2D eigenvalue weighted by Gasteiger charge is 2.23. The second-order valence-electron chi connectivity index (χ2n) is 13.9. The standard InChI is InChI=1S/C44H47ClN4O2/c1-31-8-15-37(16-9-31)32(2)47-29-40-19-21-43(51-40)38-17-20-42(45)41(27-38)44(50)48-39(26-34-10-12-35(28-46)13-11-34)18-14-33-22-24-49(25-23-33)30-36-6-4-3-5-7-36/h3-13,15-17,19-21,27,32-33,39,47H,14,18,22-26,29-30H2,1-2H3,(H,48,50)/t32-,39+/m1/s1. The third-order valence-electron chi connectivity index (χ3n) is 10.1. The summed E-state index contributed by atoms with van der Waals surface area (Å²) in [5.74, 6) is 1.93. The number of piperidine rings is 1. The van der Waals surface area contributed by atoms with Crippen LogP contribution in [0.5, 0.6) is 0 Å². The highest BCUT2D eigenvalue weighted by molar-refractivity contribution is 6.34. The number of furan rings is 1. The molecule has 6 nitrogen and oxygen atoms in total. The van der Waals surface area contributed by atoms with Crippen molar-refractivity contribution in [3.63, 3.8) is 0 Å². The number of nitriles is 1. The first-order valence-corrected chi connectivity index (χ1v) is 18.5. The molecule has 4 aromatic carbocycles. The SMILES string of the molecule is Cc1ccc([C@@H](C)NCc2ccc(-c3ccc(Cl)c(C(=O)N[C@@H](CCC4CCN(Cc5ccccc5)CC4)Cc4ccc(C#N)cc4)c3)o2)cc1. The summed E-state index contributed by atoms with van der Waals surface area (Å²) >= 11 is 6.65. The lowest BCUT2D eigenvalue weighted by molar-refractivity contribution is 0.0931. The quantitative estimate of drug-likeness (QED) is 0.121. The number of nitrogens with one attached hydrogen (secondary N) is 2. The largest absolute Gasteiger partial charge is 0.460 e. The van der Waals surface area contributed by atoms with Crippen LogP contribution in [0, 0.1) is 24.2 Å². The smallest absolute Gasteiger partial charge is 0.253 e. The first kappa shape index (κ1) is 36.1. The first-order valence-electron chi connectivity index (χ1n) is 18.1. The van der Waals surface area contributed by atoms with Gasteiger partial charge < -0.3 is 15.1 Å². The fourth-order valence-corrected chi connectivity index (χ4v) is 7.11. The molecule has 7 heteroatoms. The second kappa shape index (κ2) is 17.5. The minimum atomic E-state index is -0.196. The molecule has 0 saturated carbocycles. The Hall–Kier alpha value is -4.67. The molecule has 1 aliphatic rings. The summed E-state index contributed by atoms with van der Waals surface area (Å²) in [6, 6.07) is 38.5. The number of nitrogens with zero attached hydrogens (tertiary/aromatic N) is 2.